The van der Waals surface area contributed by atoms with Crippen LogP contribution in [0.5, 0.6) is 0 Å². The number of esters is 2. The molecule has 1 spiro atoms. The van der Waals surface area contributed by atoms with Gasteiger partial charge in [0, 0.05) is 37.3 Å². The smallest absolute Gasteiger partial charge is 0.338 e. The second-order valence-corrected chi connectivity index (χ2v) is 16.6. The zero-order valence-electron chi connectivity index (χ0n) is 32.8. The molecule has 11 atom stereocenters. The second kappa shape index (κ2) is 16.3. The number of allylic oxidation sites excluding steroid dienone is 5. The van der Waals surface area contributed by atoms with Gasteiger partial charge in [-0.15, -0.1) is 0 Å². The van der Waals surface area contributed by atoms with E-state index in [2.05, 4.69) is 39.8 Å². The van der Waals surface area contributed by atoms with E-state index in [9.17, 15) is 29.9 Å². The Morgan fingerprint density at radius 3 is 2.53 bits per heavy atom. The molecule has 55 heavy (non-hydrogen) atoms. The highest BCUT2D eigenvalue weighted by atomic mass is 16.7. The number of carbonyl (C=O) groups excluding carboxylic acids is 2. The molecular weight excluding hydrogens is 706 g/mol. The Hall–Kier alpha value is -3.94. The summed E-state index contributed by atoms with van der Waals surface area (Å²) in [6, 6.07) is 5.04. The van der Waals surface area contributed by atoms with Gasteiger partial charge in [0.15, 0.2) is 11.9 Å². The van der Waals surface area contributed by atoms with Gasteiger partial charge in [0.25, 0.3) is 5.69 Å². The van der Waals surface area contributed by atoms with E-state index in [-0.39, 0.29) is 54.6 Å². The number of hydrogen-bond acceptors (Lipinski definition) is 11. The van der Waals surface area contributed by atoms with Crippen molar-refractivity contribution in [1.82, 2.24) is 0 Å². The van der Waals surface area contributed by atoms with Crippen LogP contribution < -0.4 is 0 Å². The molecule has 12 heteroatoms. The Bertz CT molecular complexity index is 1790. The number of non-ortho nitro benzene ring substituents is 1. The van der Waals surface area contributed by atoms with Gasteiger partial charge < -0.3 is 33.9 Å². The van der Waals surface area contributed by atoms with Gasteiger partial charge >= 0.3 is 11.9 Å². The lowest BCUT2D eigenvalue weighted by molar-refractivity contribution is -0.384. The highest BCUT2D eigenvalue weighted by molar-refractivity contribution is 5.90. The van der Waals surface area contributed by atoms with Crippen LogP contribution >= 0.6 is 0 Å². The minimum Gasteiger partial charge on any atom is -0.462 e. The summed E-state index contributed by atoms with van der Waals surface area (Å²) in [4.78, 5) is 38.4. The molecule has 1 aliphatic carbocycles. The summed E-state index contributed by atoms with van der Waals surface area (Å²) in [6.07, 6.45) is 9.31. The van der Waals surface area contributed by atoms with Gasteiger partial charge in [0.05, 0.1) is 35.4 Å². The van der Waals surface area contributed by atoms with Gasteiger partial charge in [-0.25, -0.2) is 4.79 Å². The van der Waals surface area contributed by atoms with Crippen molar-refractivity contribution < 1.29 is 48.4 Å². The fourth-order valence-electron chi connectivity index (χ4n) is 8.89. The van der Waals surface area contributed by atoms with Crippen LogP contribution in [0.15, 0.2) is 83.0 Å². The maximum absolute atomic E-state index is 14.5. The Kier molecular flexibility index (Phi) is 12.0. The van der Waals surface area contributed by atoms with E-state index < -0.39 is 64.7 Å². The first-order valence-corrected chi connectivity index (χ1v) is 19.4. The first kappa shape index (κ1) is 40.7. The summed E-state index contributed by atoms with van der Waals surface area (Å²) in [5, 5.41) is 35.3. The Labute approximate surface area is 323 Å². The van der Waals surface area contributed by atoms with Crippen LogP contribution in [-0.2, 0) is 28.5 Å². The number of fused-ring (bicyclic) bond motifs is 2. The van der Waals surface area contributed by atoms with Crippen molar-refractivity contribution in [2.75, 3.05) is 6.61 Å². The zero-order valence-corrected chi connectivity index (χ0v) is 32.8. The molecule has 2 N–H and O–H groups in total. The van der Waals surface area contributed by atoms with Crippen molar-refractivity contribution in [2.24, 2.45) is 23.7 Å². The van der Waals surface area contributed by atoms with E-state index >= 15 is 0 Å². The van der Waals surface area contributed by atoms with Gasteiger partial charge in [-0.1, -0.05) is 69.7 Å². The van der Waals surface area contributed by atoms with E-state index in [0.717, 1.165) is 12.0 Å². The maximum atomic E-state index is 14.5. The highest BCUT2D eigenvalue weighted by Crippen LogP contribution is 2.48. The molecule has 0 saturated carbocycles. The molecule has 1 aromatic rings. The van der Waals surface area contributed by atoms with Crippen LogP contribution in [0.4, 0.5) is 5.69 Å². The van der Waals surface area contributed by atoms with E-state index in [1.54, 1.807) is 19.1 Å². The van der Waals surface area contributed by atoms with Gasteiger partial charge in [-0.2, -0.15) is 0 Å². The largest absolute Gasteiger partial charge is 0.462 e. The third-order valence-electron chi connectivity index (χ3n) is 11.6. The Balaban J connectivity index is 1.35. The Morgan fingerprint density at radius 1 is 1.11 bits per heavy atom. The zero-order chi connectivity index (χ0) is 39.8. The van der Waals surface area contributed by atoms with Crippen molar-refractivity contribution >= 4 is 17.6 Å². The number of aliphatic hydroxyl groups is 2. The van der Waals surface area contributed by atoms with Gasteiger partial charge in [-0.3, -0.25) is 14.9 Å². The average molecular weight is 762 g/mol. The van der Waals surface area contributed by atoms with Gasteiger partial charge in [-0.05, 0) is 74.3 Å². The van der Waals surface area contributed by atoms with E-state index in [0.29, 0.717) is 24.0 Å². The number of nitrogens with zero attached hydrogens (tertiary/aromatic N) is 1. The number of hydrogen-bond donors (Lipinski definition) is 2. The number of benzene rings is 1. The standard InChI is InChI=1S/C43H55NO11/c1-24(2)17-27(5)37-29(7)36(45)22-42(55-37)21-34-20-33(54-42)16-11-26(4)18-25(3)9-8-10-31-23-51-39-38(28(6)19-35(41(47)52-34)43(31,39)48)53-40(46)30-12-14-32(15-13-30)44(49)50/h8-15,17,19,24-25,29,33-39,45,48H,16,18,20-23H2,1-7H3/t25-,29-,33+,34-,35-,36-,37+,38+,39+,42?,43+/m0/s1. The number of carbonyl (C=O) groups is 2. The summed E-state index contributed by atoms with van der Waals surface area (Å²) in [5.41, 5.74) is 1.08. The third kappa shape index (κ3) is 8.58. The second-order valence-electron chi connectivity index (χ2n) is 16.6. The molecule has 1 unspecified atom stereocenters. The molecule has 2 bridgehead atoms. The minimum absolute atomic E-state index is 0.0215. The predicted octanol–water partition coefficient (Wildman–Crippen LogP) is 6.86. The molecule has 6 rings (SSSR count). The number of nitro benzene ring substituents is 1. The fourth-order valence-corrected chi connectivity index (χ4v) is 8.89. The van der Waals surface area contributed by atoms with Crippen LogP contribution in [0.3, 0.4) is 0 Å². The molecule has 0 amide bonds. The molecular formula is C43H55NO11. The first-order valence-electron chi connectivity index (χ1n) is 19.4. The van der Waals surface area contributed by atoms with Crippen molar-refractivity contribution in [3.63, 3.8) is 0 Å². The topological polar surface area (TPSA) is 164 Å². The number of nitro groups is 1. The molecule has 0 aromatic heterocycles. The quantitative estimate of drug-likeness (QED) is 0.139. The monoisotopic (exact) mass is 761 g/mol. The van der Waals surface area contributed by atoms with Crippen molar-refractivity contribution in [3.8, 4) is 0 Å². The molecule has 0 radical (unpaired) electrons. The van der Waals surface area contributed by atoms with Crippen molar-refractivity contribution in [3.05, 3.63) is 98.7 Å². The number of rotatable bonds is 5. The lowest BCUT2D eigenvalue weighted by Gasteiger charge is -2.51. The van der Waals surface area contributed by atoms with Crippen molar-refractivity contribution in [1.29, 1.82) is 0 Å². The normalized spacial score (nSPS) is 37.1. The van der Waals surface area contributed by atoms with Gasteiger partial charge in [0.2, 0.25) is 0 Å². The number of ether oxygens (including phenoxy) is 5. The molecule has 3 saturated heterocycles. The number of aliphatic hydroxyl groups excluding tert-OH is 1. The predicted molar refractivity (Wildman–Crippen MR) is 204 cm³/mol. The lowest BCUT2D eigenvalue weighted by atomic mass is 9.70. The summed E-state index contributed by atoms with van der Waals surface area (Å²) in [5.74, 6) is -3.59. The molecule has 5 aliphatic rings. The first-order chi connectivity index (χ1) is 26.0. The van der Waals surface area contributed by atoms with Crippen molar-refractivity contribution in [2.45, 2.75) is 129 Å². The molecule has 12 nitrogen and oxygen atoms in total. The summed E-state index contributed by atoms with van der Waals surface area (Å²) >= 11 is 0. The van der Waals surface area contributed by atoms with E-state index in [1.807, 2.05) is 26.0 Å². The maximum Gasteiger partial charge on any atom is 0.338 e. The fraction of sp³-hybridized carbons (Fsp3) is 0.581. The summed E-state index contributed by atoms with van der Waals surface area (Å²) in [7, 11) is 0. The molecule has 4 aliphatic heterocycles. The molecule has 4 heterocycles. The highest BCUT2D eigenvalue weighted by Gasteiger charge is 2.61. The SMILES string of the molecule is CC1=CC[C@@H]2C[C@@H](CC3(C[C@H](O)[C@H](C)[C@@H](C(C)=CC(C)C)O3)O2)OC(=O)[C@@H]2C=C(C)[C@@H](OC(=O)c3ccc([N+](=O)[O-])cc3)[C@H]3OCC(=CC=C[C@H](C)C1)[C@]32O. The average Bonchev–Trinajstić information content (AvgIpc) is 3.45. The Morgan fingerprint density at radius 2 is 1.84 bits per heavy atom. The molecule has 1 aromatic carbocycles. The van der Waals surface area contributed by atoms with E-state index in [1.165, 1.54) is 29.8 Å². The minimum atomic E-state index is -1.93. The van der Waals surface area contributed by atoms with Gasteiger partial charge in [0.1, 0.15) is 23.7 Å². The summed E-state index contributed by atoms with van der Waals surface area (Å²) < 4.78 is 32.1. The lowest BCUT2D eigenvalue weighted by Crippen LogP contribution is -2.60. The van der Waals surface area contributed by atoms with Crippen LogP contribution in [0.2, 0.25) is 0 Å². The molecule has 3 fully saturated rings. The van der Waals surface area contributed by atoms with E-state index in [4.69, 9.17) is 23.7 Å². The third-order valence-corrected chi connectivity index (χ3v) is 11.6. The van der Waals surface area contributed by atoms with Crippen LogP contribution in [0.25, 0.3) is 0 Å². The van der Waals surface area contributed by atoms with Crippen LogP contribution in [0, 0.1) is 33.8 Å². The van der Waals surface area contributed by atoms with Crippen LogP contribution in [0.1, 0.15) is 90.9 Å². The summed E-state index contributed by atoms with van der Waals surface area (Å²) in [6.45, 7) is 14.0. The van der Waals surface area contributed by atoms with Crippen LogP contribution in [-0.4, -0.2) is 81.7 Å². The molecule has 298 valence electrons.